The van der Waals surface area contributed by atoms with Crippen LogP contribution in [0.15, 0.2) is 48.5 Å². The second kappa shape index (κ2) is 6.96. The first-order chi connectivity index (χ1) is 10.4. The van der Waals surface area contributed by atoms with Crippen LogP contribution in [0.4, 0.5) is 13.2 Å². The number of ether oxygens (including phenoxy) is 1. The molecular formula is C15H14BF3O3. The van der Waals surface area contributed by atoms with Crippen molar-refractivity contribution in [2.24, 2.45) is 0 Å². The van der Waals surface area contributed by atoms with Crippen molar-refractivity contribution in [2.45, 2.75) is 19.4 Å². The van der Waals surface area contributed by atoms with Crippen LogP contribution in [-0.2, 0) is 24.1 Å². The third kappa shape index (κ3) is 4.59. The zero-order chi connectivity index (χ0) is 16.2. The molecule has 0 aromatic heterocycles. The van der Waals surface area contributed by atoms with E-state index in [1.54, 1.807) is 24.3 Å². The highest BCUT2D eigenvalue weighted by atomic mass is 19.4. The Labute approximate surface area is 126 Å². The highest BCUT2D eigenvalue weighted by Gasteiger charge is 2.29. The smallest absolute Gasteiger partial charge is 0.423 e. The number of hydrogen-bond acceptors (Lipinski definition) is 3. The van der Waals surface area contributed by atoms with Crippen molar-refractivity contribution in [1.29, 1.82) is 0 Å². The van der Waals surface area contributed by atoms with E-state index in [2.05, 4.69) is 0 Å². The SMILES string of the molecule is OB(O)c1ccc(COCc2ccc(C(F)(F)F)cc2)cc1. The normalized spacial score (nSPS) is 11.5. The van der Waals surface area contributed by atoms with E-state index in [1.807, 2.05) is 0 Å². The molecule has 0 amide bonds. The maximum absolute atomic E-state index is 12.4. The van der Waals surface area contributed by atoms with E-state index >= 15 is 0 Å². The summed E-state index contributed by atoms with van der Waals surface area (Å²) in [6.07, 6.45) is -4.33. The van der Waals surface area contributed by atoms with Crippen LogP contribution in [0, 0.1) is 0 Å². The van der Waals surface area contributed by atoms with Gasteiger partial charge in [0.05, 0.1) is 18.8 Å². The summed E-state index contributed by atoms with van der Waals surface area (Å²) in [7, 11) is -1.51. The summed E-state index contributed by atoms with van der Waals surface area (Å²) in [4.78, 5) is 0. The van der Waals surface area contributed by atoms with Crippen LogP contribution in [0.2, 0.25) is 0 Å². The quantitative estimate of drug-likeness (QED) is 0.832. The Balaban J connectivity index is 1.86. The molecule has 0 bridgehead atoms. The fourth-order valence-corrected chi connectivity index (χ4v) is 1.86. The van der Waals surface area contributed by atoms with Crippen LogP contribution in [0.3, 0.4) is 0 Å². The summed E-state index contributed by atoms with van der Waals surface area (Å²) in [6, 6.07) is 11.3. The van der Waals surface area contributed by atoms with Crippen molar-refractivity contribution in [3.8, 4) is 0 Å². The monoisotopic (exact) mass is 310 g/mol. The van der Waals surface area contributed by atoms with E-state index in [4.69, 9.17) is 14.8 Å². The third-order valence-electron chi connectivity index (χ3n) is 3.10. The molecule has 22 heavy (non-hydrogen) atoms. The minimum atomic E-state index is -4.33. The maximum atomic E-state index is 12.4. The predicted octanol–water partition coefficient (Wildman–Crippen LogP) is 2.10. The second-order valence-corrected chi connectivity index (χ2v) is 4.80. The minimum Gasteiger partial charge on any atom is -0.423 e. The van der Waals surface area contributed by atoms with Gasteiger partial charge in [-0.2, -0.15) is 13.2 Å². The molecule has 2 aromatic rings. The third-order valence-corrected chi connectivity index (χ3v) is 3.10. The average Bonchev–Trinajstić information content (AvgIpc) is 2.47. The molecule has 0 saturated heterocycles. The fourth-order valence-electron chi connectivity index (χ4n) is 1.86. The predicted molar refractivity (Wildman–Crippen MR) is 76.2 cm³/mol. The van der Waals surface area contributed by atoms with Crippen molar-refractivity contribution >= 4 is 12.6 Å². The van der Waals surface area contributed by atoms with E-state index in [9.17, 15) is 13.2 Å². The summed E-state index contributed by atoms with van der Waals surface area (Å²) in [5.74, 6) is 0. The Morgan fingerprint density at radius 2 is 1.27 bits per heavy atom. The lowest BCUT2D eigenvalue weighted by atomic mass is 9.80. The first-order valence-corrected chi connectivity index (χ1v) is 6.55. The largest absolute Gasteiger partial charge is 0.488 e. The van der Waals surface area contributed by atoms with Gasteiger partial charge in [0.2, 0.25) is 0 Å². The van der Waals surface area contributed by atoms with Crippen molar-refractivity contribution < 1.29 is 28.0 Å². The summed E-state index contributed by atoms with van der Waals surface area (Å²) in [5, 5.41) is 17.9. The van der Waals surface area contributed by atoms with Gasteiger partial charge in [-0.15, -0.1) is 0 Å². The molecule has 2 rings (SSSR count). The average molecular weight is 310 g/mol. The first-order valence-electron chi connectivity index (χ1n) is 6.55. The van der Waals surface area contributed by atoms with Crippen LogP contribution in [0.5, 0.6) is 0 Å². The molecule has 2 N–H and O–H groups in total. The number of rotatable bonds is 5. The van der Waals surface area contributed by atoms with E-state index in [1.165, 1.54) is 12.1 Å². The number of benzene rings is 2. The van der Waals surface area contributed by atoms with E-state index in [0.29, 0.717) is 11.0 Å². The van der Waals surface area contributed by atoms with Crippen LogP contribution in [0.1, 0.15) is 16.7 Å². The molecule has 0 atom stereocenters. The van der Waals surface area contributed by atoms with Gasteiger partial charge in [0.1, 0.15) is 0 Å². The van der Waals surface area contributed by atoms with Gasteiger partial charge in [-0.3, -0.25) is 0 Å². The standard InChI is InChI=1S/C15H14BF3O3/c17-15(18,19)13-5-1-11(2-6-13)9-22-10-12-3-7-14(8-4-12)16(20)21/h1-8,20-21H,9-10H2. The molecule has 2 aromatic carbocycles. The summed E-state index contributed by atoms with van der Waals surface area (Å²) in [6.45, 7) is 0.478. The first kappa shape index (κ1) is 16.5. The van der Waals surface area contributed by atoms with Crippen molar-refractivity contribution in [2.75, 3.05) is 0 Å². The molecule has 0 radical (unpaired) electrons. The van der Waals surface area contributed by atoms with Crippen LogP contribution in [0.25, 0.3) is 0 Å². The van der Waals surface area contributed by atoms with E-state index < -0.39 is 18.9 Å². The Kier molecular flexibility index (Phi) is 5.23. The van der Waals surface area contributed by atoms with Gasteiger partial charge in [0.15, 0.2) is 0 Å². The van der Waals surface area contributed by atoms with E-state index in [0.717, 1.165) is 17.7 Å². The van der Waals surface area contributed by atoms with Crippen molar-refractivity contribution in [1.82, 2.24) is 0 Å². The lowest BCUT2D eigenvalue weighted by molar-refractivity contribution is -0.137. The summed E-state index contributed by atoms with van der Waals surface area (Å²) >= 11 is 0. The maximum Gasteiger partial charge on any atom is 0.488 e. The van der Waals surface area contributed by atoms with Crippen molar-refractivity contribution in [3.63, 3.8) is 0 Å². The fraction of sp³-hybridized carbons (Fsp3) is 0.200. The van der Waals surface area contributed by atoms with Crippen LogP contribution >= 0.6 is 0 Å². The lowest BCUT2D eigenvalue weighted by Gasteiger charge is -2.08. The molecule has 0 aliphatic rings. The molecule has 7 heteroatoms. The molecule has 116 valence electrons. The zero-order valence-electron chi connectivity index (χ0n) is 11.5. The number of alkyl halides is 3. The molecule has 0 saturated carbocycles. The summed E-state index contributed by atoms with van der Waals surface area (Å²) < 4.78 is 42.7. The van der Waals surface area contributed by atoms with Crippen molar-refractivity contribution in [3.05, 3.63) is 65.2 Å². The molecule has 0 unspecified atom stereocenters. The van der Waals surface area contributed by atoms with Gasteiger partial charge >= 0.3 is 13.3 Å². The molecular weight excluding hydrogens is 296 g/mol. The lowest BCUT2D eigenvalue weighted by Crippen LogP contribution is -2.29. The second-order valence-electron chi connectivity index (χ2n) is 4.80. The van der Waals surface area contributed by atoms with E-state index in [-0.39, 0.29) is 13.2 Å². The molecule has 0 aliphatic heterocycles. The summed E-state index contributed by atoms with van der Waals surface area (Å²) in [5.41, 5.74) is 1.17. The molecule has 3 nitrogen and oxygen atoms in total. The Morgan fingerprint density at radius 3 is 1.68 bits per heavy atom. The number of halogens is 3. The van der Waals surface area contributed by atoms with Gasteiger partial charge in [-0.25, -0.2) is 0 Å². The van der Waals surface area contributed by atoms with Crippen LogP contribution < -0.4 is 5.46 Å². The highest BCUT2D eigenvalue weighted by Crippen LogP contribution is 2.29. The molecule has 0 heterocycles. The zero-order valence-corrected chi connectivity index (χ0v) is 11.5. The van der Waals surface area contributed by atoms with Gasteiger partial charge in [-0.05, 0) is 28.7 Å². The topological polar surface area (TPSA) is 49.7 Å². The molecule has 0 fully saturated rings. The Bertz CT molecular complexity index is 595. The van der Waals surface area contributed by atoms with Gasteiger partial charge < -0.3 is 14.8 Å². The Hall–Kier alpha value is -1.83. The van der Waals surface area contributed by atoms with Gasteiger partial charge in [-0.1, -0.05) is 36.4 Å². The molecule has 0 spiro atoms. The van der Waals surface area contributed by atoms with Gasteiger partial charge in [0, 0.05) is 0 Å². The van der Waals surface area contributed by atoms with Gasteiger partial charge in [0.25, 0.3) is 0 Å². The van der Waals surface area contributed by atoms with Crippen LogP contribution in [-0.4, -0.2) is 17.2 Å². The molecule has 0 aliphatic carbocycles. The minimum absolute atomic E-state index is 0.197. The number of hydrogen-bond donors (Lipinski definition) is 2. The highest BCUT2D eigenvalue weighted by molar-refractivity contribution is 6.58. The Morgan fingerprint density at radius 1 is 0.818 bits per heavy atom.